The van der Waals surface area contributed by atoms with E-state index in [1.165, 1.54) is 29.5 Å². The maximum absolute atomic E-state index is 12.2. The standard InChI is InChI=1S/C21H22O8S/c22-14-6-3-13(4-7-14)5-8-18(24)29-17-11-21(20(26)27,10-16(23)19(17)25)28-12-15-2-1-9-30-15/h1-9,16-17,19,22-23,25H,10-12H2,(H,26,27)/b8-5+/t16-,17-,19-,21+/m1/s1. The molecule has 30 heavy (non-hydrogen) atoms. The Morgan fingerprint density at radius 1 is 1.17 bits per heavy atom. The number of phenolic OH excluding ortho intramolecular Hbond substituents is 1. The Labute approximate surface area is 176 Å². The number of hydrogen-bond acceptors (Lipinski definition) is 8. The quantitative estimate of drug-likeness (QED) is 0.384. The fourth-order valence-electron chi connectivity index (χ4n) is 3.24. The number of thiophene rings is 1. The molecule has 1 heterocycles. The molecule has 0 bridgehead atoms. The first-order chi connectivity index (χ1) is 14.3. The van der Waals surface area contributed by atoms with E-state index in [1.54, 1.807) is 24.3 Å². The van der Waals surface area contributed by atoms with E-state index in [1.807, 2.05) is 5.38 Å². The monoisotopic (exact) mass is 434 g/mol. The number of carboxylic acid groups (broad SMARTS) is 1. The van der Waals surface area contributed by atoms with Crippen LogP contribution in [0.25, 0.3) is 6.08 Å². The van der Waals surface area contributed by atoms with Gasteiger partial charge in [-0.2, -0.15) is 0 Å². The van der Waals surface area contributed by atoms with Crippen molar-refractivity contribution >= 4 is 29.4 Å². The lowest BCUT2D eigenvalue weighted by molar-refractivity contribution is -0.209. The molecule has 1 fully saturated rings. The summed E-state index contributed by atoms with van der Waals surface area (Å²) in [5, 5.41) is 41.3. The molecule has 1 aromatic carbocycles. The van der Waals surface area contributed by atoms with Crippen molar-refractivity contribution in [3.63, 3.8) is 0 Å². The Balaban J connectivity index is 1.69. The molecule has 0 saturated heterocycles. The number of esters is 1. The van der Waals surface area contributed by atoms with E-state index in [4.69, 9.17) is 9.47 Å². The number of carbonyl (C=O) groups is 2. The molecule has 0 aliphatic heterocycles. The fraction of sp³-hybridized carbons (Fsp3) is 0.333. The smallest absolute Gasteiger partial charge is 0.336 e. The second-order valence-electron chi connectivity index (χ2n) is 7.03. The number of hydrogen-bond donors (Lipinski definition) is 4. The summed E-state index contributed by atoms with van der Waals surface area (Å²) in [5.74, 6) is -2.02. The van der Waals surface area contributed by atoms with Crippen molar-refractivity contribution in [3.8, 4) is 5.75 Å². The Morgan fingerprint density at radius 2 is 1.90 bits per heavy atom. The summed E-state index contributed by atoms with van der Waals surface area (Å²) < 4.78 is 10.9. The number of aliphatic hydroxyl groups excluding tert-OH is 2. The summed E-state index contributed by atoms with van der Waals surface area (Å²) in [6.07, 6.45) is -2.19. The minimum absolute atomic E-state index is 0.0220. The molecule has 2 aromatic rings. The van der Waals surface area contributed by atoms with Gasteiger partial charge in [-0.3, -0.25) is 0 Å². The SMILES string of the molecule is O=C(/C=C/c1ccc(O)cc1)O[C@@H]1C[C@](OCc2cccs2)(C(=O)O)C[C@@H](O)[C@H]1O. The Bertz CT molecular complexity index is 892. The van der Waals surface area contributed by atoms with Gasteiger partial charge in [0, 0.05) is 23.8 Å². The van der Waals surface area contributed by atoms with Crippen LogP contribution in [-0.4, -0.2) is 56.3 Å². The van der Waals surface area contributed by atoms with E-state index in [2.05, 4.69) is 0 Å². The first-order valence-corrected chi connectivity index (χ1v) is 10.1. The number of rotatable bonds is 7. The van der Waals surface area contributed by atoms with E-state index < -0.39 is 35.9 Å². The molecule has 160 valence electrons. The van der Waals surface area contributed by atoms with Gasteiger partial charge in [0.25, 0.3) is 0 Å². The number of carbonyl (C=O) groups excluding carboxylic acids is 1. The minimum Gasteiger partial charge on any atom is -0.508 e. The maximum atomic E-state index is 12.2. The Morgan fingerprint density at radius 3 is 2.53 bits per heavy atom. The maximum Gasteiger partial charge on any atom is 0.336 e. The number of phenols is 1. The van der Waals surface area contributed by atoms with Crippen LogP contribution in [0.5, 0.6) is 5.75 Å². The lowest BCUT2D eigenvalue weighted by Gasteiger charge is -2.41. The van der Waals surface area contributed by atoms with Gasteiger partial charge in [0.2, 0.25) is 0 Å². The third-order valence-electron chi connectivity index (χ3n) is 4.88. The van der Waals surface area contributed by atoms with Gasteiger partial charge in [0.1, 0.15) is 18.0 Å². The van der Waals surface area contributed by atoms with Crippen LogP contribution in [0.15, 0.2) is 47.9 Å². The average Bonchev–Trinajstić information content (AvgIpc) is 3.23. The molecule has 4 atom stereocenters. The van der Waals surface area contributed by atoms with Crippen molar-refractivity contribution in [3.05, 3.63) is 58.3 Å². The molecule has 1 aliphatic carbocycles. The molecule has 0 unspecified atom stereocenters. The topological polar surface area (TPSA) is 134 Å². The zero-order chi connectivity index (χ0) is 21.7. The molecule has 9 heteroatoms. The van der Waals surface area contributed by atoms with Gasteiger partial charge < -0.3 is 29.9 Å². The molecule has 1 aliphatic rings. The number of aromatic hydroxyl groups is 1. The van der Waals surface area contributed by atoms with Crippen LogP contribution in [0.1, 0.15) is 23.3 Å². The molecule has 0 spiro atoms. The van der Waals surface area contributed by atoms with Crippen LogP contribution in [0, 0.1) is 0 Å². The highest BCUT2D eigenvalue weighted by molar-refractivity contribution is 7.09. The van der Waals surface area contributed by atoms with Crippen LogP contribution in [0.4, 0.5) is 0 Å². The molecule has 0 radical (unpaired) electrons. The van der Waals surface area contributed by atoms with Crippen molar-refractivity contribution in [2.75, 3.05) is 0 Å². The third kappa shape index (κ3) is 5.25. The predicted octanol–water partition coefficient (Wildman–Crippen LogP) is 1.93. The average molecular weight is 434 g/mol. The summed E-state index contributed by atoms with van der Waals surface area (Å²) in [6, 6.07) is 9.69. The molecule has 4 N–H and O–H groups in total. The highest BCUT2D eigenvalue weighted by Crippen LogP contribution is 2.35. The third-order valence-corrected chi connectivity index (χ3v) is 5.73. The van der Waals surface area contributed by atoms with E-state index in [9.17, 15) is 30.0 Å². The Kier molecular flexibility index (Phi) is 6.88. The first-order valence-electron chi connectivity index (χ1n) is 9.23. The van der Waals surface area contributed by atoms with E-state index in [0.717, 1.165) is 11.0 Å². The van der Waals surface area contributed by atoms with Crippen molar-refractivity contribution in [1.29, 1.82) is 0 Å². The molecule has 8 nitrogen and oxygen atoms in total. The Hall–Kier alpha value is -2.72. The summed E-state index contributed by atoms with van der Waals surface area (Å²) >= 11 is 1.40. The second kappa shape index (κ2) is 9.40. The van der Waals surface area contributed by atoms with Crippen molar-refractivity contribution in [1.82, 2.24) is 0 Å². The summed E-state index contributed by atoms with van der Waals surface area (Å²) in [4.78, 5) is 25.0. The van der Waals surface area contributed by atoms with Crippen LogP contribution < -0.4 is 0 Å². The van der Waals surface area contributed by atoms with Gasteiger partial charge in [-0.05, 0) is 35.2 Å². The summed E-state index contributed by atoms with van der Waals surface area (Å²) in [7, 11) is 0. The number of carboxylic acids is 1. The van der Waals surface area contributed by atoms with Gasteiger partial charge in [-0.25, -0.2) is 9.59 Å². The van der Waals surface area contributed by atoms with Gasteiger partial charge >= 0.3 is 11.9 Å². The molecule has 0 amide bonds. The molecular formula is C21H22O8S. The summed E-state index contributed by atoms with van der Waals surface area (Å²) in [6.45, 7) is 0.0220. The zero-order valence-electron chi connectivity index (χ0n) is 15.9. The van der Waals surface area contributed by atoms with E-state index in [0.29, 0.717) is 5.56 Å². The second-order valence-corrected chi connectivity index (χ2v) is 8.07. The first kappa shape index (κ1) is 22.0. The van der Waals surface area contributed by atoms with Gasteiger partial charge in [0.15, 0.2) is 5.60 Å². The molecule has 3 rings (SSSR count). The minimum atomic E-state index is -1.80. The normalized spacial score (nSPS) is 26.5. The van der Waals surface area contributed by atoms with Crippen molar-refractivity contribution in [2.45, 2.75) is 43.4 Å². The largest absolute Gasteiger partial charge is 0.508 e. The highest BCUT2D eigenvalue weighted by atomic mass is 32.1. The lowest BCUT2D eigenvalue weighted by Crippen LogP contribution is -2.58. The molecule has 1 saturated carbocycles. The fourth-order valence-corrected chi connectivity index (χ4v) is 3.86. The van der Waals surface area contributed by atoms with Gasteiger partial charge in [-0.15, -0.1) is 11.3 Å². The molecular weight excluding hydrogens is 412 g/mol. The molecule has 1 aromatic heterocycles. The number of benzene rings is 1. The van der Waals surface area contributed by atoms with Crippen molar-refractivity contribution < 1.29 is 39.5 Å². The van der Waals surface area contributed by atoms with Gasteiger partial charge in [-0.1, -0.05) is 18.2 Å². The number of aliphatic hydroxyl groups is 2. The van der Waals surface area contributed by atoms with E-state index in [-0.39, 0.29) is 25.2 Å². The van der Waals surface area contributed by atoms with E-state index >= 15 is 0 Å². The van der Waals surface area contributed by atoms with Crippen LogP contribution in [0.3, 0.4) is 0 Å². The number of ether oxygens (including phenoxy) is 2. The summed E-state index contributed by atoms with van der Waals surface area (Å²) in [5.41, 5.74) is -1.16. The van der Waals surface area contributed by atoms with Crippen molar-refractivity contribution in [2.24, 2.45) is 0 Å². The predicted molar refractivity (Wildman–Crippen MR) is 108 cm³/mol. The van der Waals surface area contributed by atoms with Crippen LogP contribution >= 0.6 is 11.3 Å². The highest BCUT2D eigenvalue weighted by Gasteiger charge is 2.52. The lowest BCUT2D eigenvalue weighted by atomic mass is 9.79. The van der Waals surface area contributed by atoms with Gasteiger partial charge in [0.05, 0.1) is 12.7 Å². The number of aliphatic carboxylic acids is 1. The zero-order valence-corrected chi connectivity index (χ0v) is 16.7. The van der Waals surface area contributed by atoms with Crippen LogP contribution in [-0.2, 0) is 25.7 Å². The van der Waals surface area contributed by atoms with Crippen LogP contribution in [0.2, 0.25) is 0 Å².